The van der Waals surface area contributed by atoms with Crippen molar-refractivity contribution in [3.63, 3.8) is 0 Å². The van der Waals surface area contributed by atoms with Crippen LogP contribution in [0.2, 0.25) is 0 Å². The summed E-state index contributed by atoms with van der Waals surface area (Å²) >= 11 is 0. The molecule has 0 aliphatic carbocycles. The van der Waals surface area contributed by atoms with Crippen LogP contribution in [0.4, 0.5) is 14.5 Å². The Morgan fingerprint density at radius 3 is 1.80 bits per heavy atom. The molecule has 4 rings (SSSR count). The Morgan fingerprint density at radius 1 is 0.700 bits per heavy atom. The molecule has 2 aromatic carbocycles. The molecule has 0 saturated carbocycles. The SMILES string of the molecule is O=C(c1ccc(F)cc1)N1CCC(C(=O)N2CCN(c3ccc(F)cc3)CC2)CC1. The highest BCUT2D eigenvalue weighted by atomic mass is 19.1. The Balaban J connectivity index is 1.27. The summed E-state index contributed by atoms with van der Waals surface area (Å²) in [5.41, 5.74) is 1.44. The Hall–Kier alpha value is -2.96. The molecule has 0 atom stereocenters. The first kappa shape index (κ1) is 20.3. The topological polar surface area (TPSA) is 43.9 Å². The second-order valence-corrected chi connectivity index (χ2v) is 7.86. The van der Waals surface area contributed by atoms with Crippen LogP contribution in [0.15, 0.2) is 48.5 Å². The number of hydrogen-bond donors (Lipinski definition) is 0. The Bertz CT molecular complexity index is 886. The lowest BCUT2D eigenvalue weighted by molar-refractivity contribution is -0.137. The van der Waals surface area contributed by atoms with Crippen LogP contribution in [0, 0.1) is 17.6 Å². The van der Waals surface area contributed by atoms with Gasteiger partial charge in [0.1, 0.15) is 11.6 Å². The number of carbonyl (C=O) groups is 2. The van der Waals surface area contributed by atoms with Crippen molar-refractivity contribution in [2.75, 3.05) is 44.2 Å². The maximum Gasteiger partial charge on any atom is 0.253 e. The second kappa shape index (κ2) is 8.81. The summed E-state index contributed by atoms with van der Waals surface area (Å²) in [6, 6.07) is 12.0. The third-order valence-corrected chi connectivity index (χ3v) is 6.01. The van der Waals surface area contributed by atoms with Gasteiger partial charge in [-0.05, 0) is 61.4 Å². The van der Waals surface area contributed by atoms with Crippen LogP contribution in [0.1, 0.15) is 23.2 Å². The monoisotopic (exact) mass is 413 g/mol. The number of hydrogen-bond acceptors (Lipinski definition) is 3. The number of piperidine rings is 1. The number of piperazine rings is 1. The van der Waals surface area contributed by atoms with E-state index in [9.17, 15) is 18.4 Å². The van der Waals surface area contributed by atoms with E-state index in [-0.39, 0.29) is 29.4 Å². The highest BCUT2D eigenvalue weighted by Crippen LogP contribution is 2.23. The van der Waals surface area contributed by atoms with Gasteiger partial charge in [0.2, 0.25) is 5.91 Å². The molecule has 2 saturated heterocycles. The number of benzene rings is 2. The number of nitrogens with zero attached hydrogens (tertiary/aromatic N) is 3. The molecule has 2 aliphatic rings. The van der Waals surface area contributed by atoms with Gasteiger partial charge in [0.05, 0.1) is 0 Å². The Kier molecular flexibility index (Phi) is 5.97. The minimum absolute atomic E-state index is 0.0698. The van der Waals surface area contributed by atoms with E-state index in [1.807, 2.05) is 4.90 Å². The normalized spacial score (nSPS) is 17.9. The van der Waals surface area contributed by atoms with Gasteiger partial charge in [-0.3, -0.25) is 9.59 Å². The van der Waals surface area contributed by atoms with Gasteiger partial charge in [-0.25, -0.2) is 8.78 Å². The van der Waals surface area contributed by atoms with E-state index in [2.05, 4.69) is 4.90 Å². The highest BCUT2D eigenvalue weighted by molar-refractivity contribution is 5.94. The summed E-state index contributed by atoms with van der Waals surface area (Å²) in [6.45, 7) is 3.79. The molecule has 0 N–H and O–H groups in total. The summed E-state index contributed by atoms with van der Waals surface area (Å²) in [4.78, 5) is 31.3. The molecule has 0 unspecified atom stereocenters. The fourth-order valence-corrected chi connectivity index (χ4v) is 4.20. The van der Waals surface area contributed by atoms with E-state index in [0.29, 0.717) is 44.6 Å². The van der Waals surface area contributed by atoms with Crippen molar-refractivity contribution in [2.24, 2.45) is 5.92 Å². The molecule has 0 radical (unpaired) electrons. The minimum atomic E-state index is -0.365. The van der Waals surface area contributed by atoms with Crippen molar-refractivity contribution in [1.82, 2.24) is 9.80 Å². The van der Waals surface area contributed by atoms with Crippen LogP contribution in [-0.4, -0.2) is 60.9 Å². The van der Waals surface area contributed by atoms with Gasteiger partial charge in [0.15, 0.2) is 0 Å². The van der Waals surface area contributed by atoms with Crippen molar-refractivity contribution in [3.05, 3.63) is 65.7 Å². The van der Waals surface area contributed by atoms with Gasteiger partial charge in [0, 0.05) is 56.4 Å². The number of halogens is 2. The van der Waals surface area contributed by atoms with Gasteiger partial charge in [-0.2, -0.15) is 0 Å². The maximum atomic E-state index is 13.1. The van der Waals surface area contributed by atoms with E-state index in [0.717, 1.165) is 18.8 Å². The summed E-state index contributed by atoms with van der Waals surface area (Å²) in [5, 5.41) is 0. The molecule has 0 spiro atoms. The zero-order valence-corrected chi connectivity index (χ0v) is 16.8. The largest absolute Gasteiger partial charge is 0.368 e. The number of anilines is 1. The van der Waals surface area contributed by atoms with E-state index in [1.165, 1.54) is 36.4 Å². The number of carbonyl (C=O) groups excluding carboxylic acids is 2. The van der Waals surface area contributed by atoms with Crippen molar-refractivity contribution in [1.29, 1.82) is 0 Å². The zero-order chi connectivity index (χ0) is 21.1. The van der Waals surface area contributed by atoms with Gasteiger partial charge in [-0.15, -0.1) is 0 Å². The Morgan fingerprint density at radius 2 is 1.23 bits per heavy atom. The smallest absolute Gasteiger partial charge is 0.253 e. The van der Waals surface area contributed by atoms with Crippen LogP contribution in [0.5, 0.6) is 0 Å². The fourth-order valence-electron chi connectivity index (χ4n) is 4.20. The summed E-state index contributed by atoms with van der Waals surface area (Å²) in [5.74, 6) is -0.650. The van der Waals surface area contributed by atoms with Crippen molar-refractivity contribution in [3.8, 4) is 0 Å². The zero-order valence-electron chi connectivity index (χ0n) is 16.8. The lowest BCUT2D eigenvalue weighted by atomic mass is 9.94. The lowest BCUT2D eigenvalue weighted by Gasteiger charge is -2.39. The number of amides is 2. The predicted octanol–water partition coefficient (Wildman–Crippen LogP) is 3.17. The van der Waals surface area contributed by atoms with E-state index >= 15 is 0 Å². The summed E-state index contributed by atoms with van der Waals surface area (Å²) < 4.78 is 26.2. The van der Waals surface area contributed by atoms with E-state index < -0.39 is 0 Å². The van der Waals surface area contributed by atoms with Crippen molar-refractivity contribution in [2.45, 2.75) is 12.8 Å². The third-order valence-electron chi connectivity index (χ3n) is 6.01. The lowest BCUT2D eigenvalue weighted by Crippen LogP contribution is -2.52. The average molecular weight is 413 g/mol. The van der Waals surface area contributed by atoms with E-state index in [4.69, 9.17) is 0 Å². The third kappa shape index (κ3) is 4.45. The highest BCUT2D eigenvalue weighted by Gasteiger charge is 2.32. The van der Waals surface area contributed by atoms with E-state index in [1.54, 1.807) is 17.0 Å². The molecule has 2 amide bonds. The van der Waals surface area contributed by atoms with Gasteiger partial charge < -0.3 is 14.7 Å². The van der Waals surface area contributed by atoms with Crippen LogP contribution in [0.3, 0.4) is 0 Å². The first-order valence-electron chi connectivity index (χ1n) is 10.4. The number of likely N-dealkylation sites (tertiary alicyclic amines) is 1. The molecule has 2 fully saturated rings. The van der Waals surface area contributed by atoms with Crippen LogP contribution >= 0.6 is 0 Å². The molecule has 2 aliphatic heterocycles. The fraction of sp³-hybridized carbons (Fsp3) is 0.391. The molecule has 2 heterocycles. The standard InChI is InChI=1S/C23H25F2N3O2/c24-19-3-1-17(2-4-19)22(29)27-11-9-18(10-12-27)23(30)28-15-13-26(14-16-28)21-7-5-20(25)6-8-21/h1-8,18H,9-16H2. The minimum Gasteiger partial charge on any atom is -0.368 e. The number of rotatable bonds is 3. The Labute approximate surface area is 174 Å². The second-order valence-electron chi connectivity index (χ2n) is 7.86. The van der Waals surface area contributed by atoms with Crippen molar-refractivity contribution < 1.29 is 18.4 Å². The molecule has 0 bridgehead atoms. The first-order chi connectivity index (χ1) is 14.5. The van der Waals surface area contributed by atoms with Gasteiger partial charge >= 0.3 is 0 Å². The van der Waals surface area contributed by atoms with Crippen molar-refractivity contribution >= 4 is 17.5 Å². The molecule has 2 aromatic rings. The molecule has 158 valence electrons. The van der Waals surface area contributed by atoms with Crippen LogP contribution < -0.4 is 4.90 Å². The van der Waals surface area contributed by atoms with Gasteiger partial charge in [0.25, 0.3) is 5.91 Å². The van der Waals surface area contributed by atoms with Gasteiger partial charge in [-0.1, -0.05) is 0 Å². The predicted molar refractivity (Wildman–Crippen MR) is 110 cm³/mol. The van der Waals surface area contributed by atoms with Crippen LogP contribution in [0.25, 0.3) is 0 Å². The first-order valence-corrected chi connectivity index (χ1v) is 10.4. The average Bonchev–Trinajstić information content (AvgIpc) is 2.79. The van der Waals surface area contributed by atoms with Crippen LogP contribution in [-0.2, 0) is 4.79 Å². The summed E-state index contributed by atoms with van der Waals surface area (Å²) in [7, 11) is 0. The molecule has 0 aromatic heterocycles. The molecule has 5 nitrogen and oxygen atoms in total. The quantitative estimate of drug-likeness (QED) is 0.777. The molecule has 7 heteroatoms. The maximum absolute atomic E-state index is 13.1. The summed E-state index contributed by atoms with van der Waals surface area (Å²) in [6.07, 6.45) is 1.29. The molecular formula is C23H25F2N3O2. The molecule has 30 heavy (non-hydrogen) atoms. The molecular weight excluding hydrogens is 388 g/mol.